The molecule has 0 bridgehead atoms. The van der Waals surface area contributed by atoms with Crippen molar-refractivity contribution in [1.82, 2.24) is 15.1 Å². The van der Waals surface area contributed by atoms with Crippen LogP contribution in [-0.2, 0) is 5.54 Å². The average molecular weight is 265 g/mol. The quantitative estimate of drug-likeness (QED) is 0.892. The zero-order valence-electron chi connectivity index (χ0n) is 13.5. The lowest BCUT2D eigenvalue weighted by atomic mass is 10.1. The van der Waals surface area contributed by atoms with E-state index in [-0.39, 0.29) is 17.0 Å². The predicted molar refractivity (Wildman–Crippen MR) is 78.5 cm³/mol. The van der Waals surface area contributed by atoms with Crippen molar-refractivity contribution in [3.63, 3.8) is 0 Å². The molecule has 0 unspecified atom stereocenters. The minimum atomic E-state index is -0.249. The molecule has 1 N–H and O–H groups in total. The maximum Gasteiger partial charge on any atom is 0.272 e. The summed E-state index contributed by atoms with van der Waals surface area (Å²) < 4.78 is 1.95. The van der Waals surface area contributed by atoms with Gasteiger partial charge in [-0.3, -0.25) is 9.48 Å². The molecule has 0 atom stereocenters. The minimum absolute atomic E-state index is 0.114. The summed E-state index contributed by atoms with van der Waals surface area (Å²) in [6.45, 7) is 16.4. The summed E-state index contributed by atoms with van der Waals surface area (Å²) in [6, 6.07) is 1.90. The van der Waals surface area contributed by atoms with E-state index in [9.17, 15) is 4.79 Å². The highest BCUT2D eigenvalue weighted by Gasteiger charge is 2.25. The van der Waals surface area contributed by atoms with Gasteiger partial charge in [0.15, 0.2) is 0 Å². The van der Waals surface area contributed by atoms with E-state index in [0.717, 1.165) is 5.69 Å². The third kappa shape index (κ3) is 4.08. The molecule has 1 amide bonds. The lowest BCUT2D eigenvalue weighted by Crippen LogP contribution is -2.40. The molecular weight excluding hydrogens is 238 g/mol. The van der Waals surface area contributed by atoms with E-state index < -0.39 is 0 Å². The van der Waals surface area contributed by atoms with Gasteiger partial charge in [-0.25, -0.2) is 0 Å². The summed E-state index contributed by atoms with van der Waals surface area (Å²) in [4.78, 5) is 12.2. The predicted octanol–water partition coefficient (Wildman–Crippen LogP) is 3.29. The first-order valence-corrected chi connectivity index (χ1v) is 6.85. The van der Waals surface area contributed by atoms with E-state index in [2.05, 4.69) is 45.0 Å². The van der Waals surface area contributed by atoms with Crippen molar-refractivity contribution >= 4 is 5.91 Å². The molecule has 0 saturated heterocycles. The summed E-state index contributed by atoms with van der Waals surface area (Å²) in [5.41, 5.74) is 1.21. The van der Waals surface area contributed by atoms with E-state index in [1.807, 2.05) is 31.5 Å². The molecule has 0 fully saturated rings. The Hall–Kier alpha value is -1.32. The van der Waals surface area contributed by atoms with Crippen LogP contribution in [0, 0.1) is 0 Å². The highest BCUT2D eigenvalue weighted by atomic mass is 16.2. The van der Waals surface area contributed by atoms with Crippen LogP contribution in [0.3, 0.4) is 0 Å². The zero-order chi connectivity index (χ0) is 15.0. The van der Waals surface area contributed by atoms with E-state index in [1.54, 1.807) is 0 Å². The van der Waals surface area contributed by atoms with Gasteiger partial charge in [0.2, 0.25) is 0 Å². The van der Waals surface area contributed by atoms with Gasteiger partial charge >= 0.3 is 0 Å². The number of hydrogen-bond donors (Lipinski definition) is 1. The van der Waals surface area contributed by atoms with Gasteiger partial charge in [0, 0.05) is 11.2 Å². The molecule has 0 aliphatic heterocycles. The van der Waals surface area contributed by atoms with Crippen molar-refractivity contribution in [2.45, 2.75) is 72.4 Å². The lowest BCUT2D eigenvalue weighted by molar-refractivity contribution is 0.0913. The van der Waals surface area contributed by atoms with Crippen LogP contribution < -0.4 is 5.32 Å². The van der Waals surface area contributed by atoms with E-state index in [4.69, 9.17) is 0 Å². The molecule has 1 aromatic rings. The highest BCUT2D eigenvalue weighted by Crippen LogP contribution is 2.23. The van der Waals surface area contributed by atoms with Gasteiger partial charge in [-0.1, -0.05) is 13.8 Å². The highest BCUT2D eigenvalue weighted by molar-refractivity contribution is 5.92. The Kier molecular flexibility index (Phi) is 4.13. The molecule has 108 valence electrons. The van der Waals surface area contributed by atoms with E-state index in [1.165, 1.54) is 0 Å². The van der Waals surface area contributed by atoms with Gasteiger partial charge in [0.1, 0.15) is 5.69 Å². The van der Waals surface area contributed by atoms with Crippen LogP contribution in [0.5, 0.6) is 0 Å². The topological polar surface area (TPSA) is 46.9 Å². The first-order chi connectivity index (χ1) is 8.42. The number of aromatic nitrogens is 2. The summed E-state index contributed by atoms with van der Waals surface area (Å²) in [5.74, 6) is 0.223. The van der Waals surface area contributed by atoms with Gasteiger partial charge in [0.05, 0.1) is 5.54 Å². The molecule has 1 aromatic heterocycles. The zero-order valence-corrected chi connectivity index (χ0v) is 13.5. The Morgan fingerprint density at radius 3 is 2.05 bits per heavy atom. The number of carbonyl (C=O) groups is 1. The number of carbonyl (C=O) groups excluding carboxylic acids is 1. The summed E-state index contributed by atoms with van der Waals surface area (Å²) in [6.07, 6.45) is 0. The van der Waals surface area contributed by atoms with E-state index in [0.29, 0.717) is 11.6 Å². The van der Waals surface area contributed by atoms with Crippen LogP contribution in [0.2, 0.25) is 0 Å². The Labute approximate surface area is 116 Å². The molecular formula is C15H27N3O. The van der Waals surface area contributed by atoms with Crippen LogP contribution in [0.4, 0.5) is 0 Å². The smallest absolute Gasteiger partial charge is 0.272 e. The fraction of sp³-hybridized carbons (Fsp3) is 0.733. The van der Waals surface area contributed by atoms with Crippen LogP contribution >= 0.6 is 0 Å². The van der Waals surface area contributed by atoms with Crippen molar-refractivity contribution < 1.29 is 4.79 Å². The molecule has 0 aliphatic rings. The largest absolute Gasteiger partial charge is 0.346 e. The molecule has 0 radical (unpaired) electrons. The number of amides is 1. The summed E-state index contributed by atoms with van der Waals surface area (Å²) in [7, 11) is 0. The maximum atomic E-state index is 12.2. The fourth-order valence-corrected chi connectivity index (χ4v) is 1.86. The van der Waals surface area contributed by atoms with Gasteiger partial charge in [-0.05, 0) is 53.5 Å². The number of nitrogens with one attached hydrogen (secondary N) is 1. The standard InChI is InChI=1S/C15H27N3O/c1-10(2)12-9-11(13(19)16-14(3,4)5)17-18(12)15(6,7)8/h9-10H,1-8H3,(H,16,19). The van der Waals surface area contributed by atoms with Gasteiger partial charge in [-0.15, -0.1) is 0 Å². The van der Waals surface area contributed by atoms with Crippen molar-refractivity contribution in [1.29, 1.82) is 0 Å². The molecule has 4 heteroatoms. The lowest BCUT2D eigenvalue weighted by Gasteiger charge is -2.23. The maximum absolute atomic E-state index is 12.2. The second-order valence-electron chi connectivity index (χ2n) is 7.40. The fourth-order valence-electron chi connectivity index (χ4n) is 1.86. The SMILES string of the molecule is CC(C)c1cc(C(=O)NC(C)(C)C)nn1C(C)(C)C. The first-order valence-electron chi connectivity index (χ1n) is 6.85. The summed E-state index contributed by atoms with van der Waals surface area (Å²) in [5, 5.41) is 7.44. The molecule has 0 saturated carbocycles. The number of rotatable bonds is 2. The van der Waals surface area contributed by atoms with Crippen molar-refractivity contribution in [2.75, 3.05) is 0 Å². The second kappa shape index (κ2) is 4.99. The number of nitrogens with zero attached hydrogens (tertiary/aromatic N) is 2. The molecule has 1 heterocycles. The normalized spacial score (nSPS) is 12.9. The molecule has 4 nitrogen and oxygen atoms in total. The average Bonchev–Trinajstić information content (AvgIpc) is 2.57. The monoisotopic (exact) mass is 265 g/mol. The summed E-state index contributed by atoms with van der Waals surface area (Å²) >= 11 is 0. The Balaban J connectivity index is 3.15. The molecule has 0 spiro atoms. The molecule has 19 heavy (non-hydrogen) atoms. The Morgan fingerprint density at radius 1 is 1.21 bits per heavy atom. The first kappa shape index (κ1) is 15.7. The second-order valence-corrected chi connectivity index (χ2v) is 7.40. The van der Waals surface area contributed by atoms with Crippen molar-refractivity contribution in [3.05, 3.63) is 17.5 Å². The molecule has 0 aliphatic carbocycles. The number of hydrogen-bond acceptors (Lipinski definition) is 2. The van der Waals surface area contributed by atoms with Gasteiger partial charge in [-0.2, -0.15) is 5.10 Å². The molecule has 0 aromatic carbocycles. The van der Waals surface area contributed by atoms with Crippen molar-refractivity contribution in [3.8, 4) is 0 Å². The van der Waals surface area contributed by atoms with Crippen LogP contribution in [-0.4, -0.2) is 21.2 Å². The minimum Gasteiger partial charge on any atom is -0.346 e. The van der Waals surface area contributed by atoms with Gasteiger partial charge < -0.3 is 5.32 Å². The third-order valence-corrected chi connectivity index (χ3v) is 2.69. The van der Waals surface area contributed by atoms with Crippen LogP contribution in [0.15, 0.2) is 6.07 Å². The Morgan fingerprint density at radius 2 is 1.74 bits per heavy atom. The Bertz CT molecular complexity index is 459. The van der Waals surface area contributed by atoms with E-state index >= 15 is 0 Å². The molecule has 1 rings (SSSR count). The van der Waals surface area contributed by atoms with Crippen LogP contribution in [0.25, 0.3) is 0 Å². The van der Waals surface area contributed by atoms with Gasteiger partial charge in [0.25, 0.3) is 5.91 Å². The van der Waals surface area contributed by atoms with Crippen molar-refractivity contribution in [2.24, 2.45) is 0 Å². The van der Waals surface area contributed by atoms with Crippen LogP contribution in [0.1, 0.15) is 77.5 Å². The third-order valence-electron chi connectivity index (χ3n) is 2.69.